The number of nitrogens with zero attached hydrogens (tertiary/aromatic N) is 1. The summed E-state index contributed by atoms with van der Waals surface area (Å²) < 4.78 is 10.8. The fourth-order valence-corrected chi connectivity index (χ4v) is 1.51. The molecule has 0 spiro atoms. The third-order valence-corrected chi connectivity index (χ3v) is 2.73. The molecule has 1 aliphatic carbocycles. The monoisotopic (exact) mass is 211 g/mol. The number of hydrogen-bond acceptors (Lipinski definition) is 4. The molecule has 0 saturated heterocycles. The van der Waals surface area contributed by atoms with Crippen molar-refractivity contribution in [1.82, 2.24) is 4.98 Å². The minimum atomic E-state index is 0.378. The number of ether oxygens (including phenoxy) is 2. The highest BCUT2D eigenvalue weighted by Gasteiger charge is 2.25. The Balaban J connectivity index is 2.21. The lowest BCUT2D eigenvalue weighted by Gasteiger charge is -2.09. The third kappa shape index (κ3) is 2.12. The summed E-state index contributed by atoms with van der Waals surface area (Å²) in [5, 5.41) is 0. The maximum atomic E-state index is 5.69. The lowest BCUT2D eigenvalue weighted by Crippen LogP contribution is -2.00. The quantitative estimate of drug-likeness (QED) is 0.715. The van der Waals surface area contributed by atoms with E-state index in [9.17, 15) is 0 Å². The van der Waals surface area contributed by atoms with Crippen LogP contribution in [-0.4, -0.2) is 24.5 Å². The Kier molecular flexibility index (Phi) is 2.82. The second-order valence-electron chi connectivity index (χ2n) is 3.20. The van der Waals surface area contributed by atoms with Crippen LogP contribution in [0.1, 0.15) is 12.8 Å². The molecule has 1 aromatic heterocycles. The Hall–Kier alpha value is -0.900. The smallest absolute Gasteiger partial charge is 0.256 e. The Bertz CT molecular complexity index is 326. The van der Waals surface area contributed by atoms with Crippen molar-refractivity contribution in [2.24, 2.45) is 0 Å². The Morgan fingerprint density at radius 3 is 2.86 bits per heavy atom. The number of rotatable bonds is 4. The van der Waals surface area contributed by atoms with Gasteiger partial charge in [-0.1, -0.05) is 0 Å². The van der Waals surface area contributed by atoms with Crippen LogP contribution in [0.4, 0.5) is 0 Å². The van der Waals surface area contributed by atoms with Crippen LogP contribution < -0.4 is 9.47 Å². The summed E-state index contributed by atoms with van der Waals surface area (Å²) in [6.45, 7) is 0. The summed E-state index contributed by atoms with van der Waals surface area (Å²) in [5.41, 5.74) is 0. The van der Waals surface area contributed by atoms with Gasteiger partial charge in [0, 0.05) is 17.2 Å². The van der Waals surface area contributed by atoms with Gasteiger partial charge in [0.05, 0.1) is 13.2 Å². The van der Waals surface area contributed by atoms with E-state index in [4.69, 9.17) is 9.47 Å². The Morgan fingerprint density at radius 2 is 2.29 bits per heavy atom. The van der Waals surface area contributed by atoms with Crippen molar-refractivity contribution in [3.05, 3.63) is 12.3 Å². The molecular weight excluding hydrogens is 198 g/mol. The number of aromatic nitrogens is 1. The summed E-state index contributed by atoms with van der Waals surface area (Å²) in [6, 6.07) is 1.98. The van der Waals surface area contributed by atoms with Gasteiger partial charge in [0.25, 0.3) is 5.88 Å². The molecule has 1 aromatic rings. The first-order valence-corrected chi connectivity index (χ1v) is 5.80. The van der Waals surface area contributed by atoms with Crippen molar-refractivity contribution in [2.75, 3.05) is 13.4 Å². The normalized spacial score (nSPS) is 15.3. The highest BCUT2D eigenvalue weighted by Crippen LogP contribution is 2.34. The molecule has 1 aliphatic rings. The molecule has 0 N–H and O–H groups in total. The third-order valence-electron chi connectivity index (χ3n) is 2.04. The van der Waals surface area contributed by atoms with Crippen LogP contribution in [0.15, 0.2) is 17.2 Å². The van der Waals surface area contributed by atoms with Gasteiger partial charge >= 0.3 is 0 Å². The van der Waals surface area contributed by atoms with Crippen LogP contribution in [0.3, 0.4) is 0 Å². The van der Waals surface area contributed by atoms with Gasteiger partial charge in [-0.2, -0.15) is 0 Å². The maximum Gasteiger partial charge on any atom is 0.256 e. The molecule has 0 aliphatic heterocycles. The van der Waals surface area contributed by atoms with Crippen LogP contribution in [0.25, 0.3) is 0 Å². The van der Waals surface area contributed by atoms with Gasteiger partial charge < -0.3 is 9.47 Å². The summed E-state index contributed by atoms with van der Waals surface area (Å²) in [4.78, 5) is 5.28. The SMILES string of the molecule is COc1ncc(SC)cc1OC1CC1. The van der Waals surface area contributed by atoms with E-state index < -0.39 is 0 Å². The zero-order valence-corrected chi connectivity index (χ0v) is 9.13. The molecule has 14 heavy (non-hydrogen) atoms. The first-order valence-electron chi connectivity index (χ1n) is 4.58. The average Bonchev–Trinajstić information content (AvgIpc) is 3.01. The second kappa shape index (κ2) is 4.09. The molecule has 0 unspecified atom stereocenters. The zero-order valence-electron chi connectivity index (χ0n) is 8.32. The molecule has 0 atom stereocenters. The van der Waals surface area contributed by atoms with E-state index in [0.717, 1.165) is 23.5 Å². The van der Waals surface area contributed by atoms with Crippen LogP contribution >= 0.6 is 11.8 Å². The molecule has 0 amide bonds. The minimum Gasteiger partial charge on any atom is -0.485 e. The number of pyridine rings is 1. The lowest BCUT2D eigenvalue weighted by molar-refractivity contribution is 0.276. The predicted octanol–water partition coefficient (Wildman–Crippen LogP) is 2.35. The standard InChI is InChI=1S/C10H13NO2S/c1-12-10-9(13-7-3-4-7)5-8(14-2)6-11-10/h5-7H,3-4H2,1-2H3. The topological polar surface area (TPSA) is 31.4 Å². The highest BCUT2D eigenvalue weighted by atomic mass is 32.2. The van der Waals surface area contributed by atoms with Crippen LogP contribution in [0, 0.1) is 0 Å². The van der Waals surface area contributed by atoms with Crippen molar-refractivity contribution in [1.29, 1.82) is 0 Å². The Morgan fingerprint density at radius 1 is 1.50 bits per heavy atom. The summed E-state index contributed by atoms with van der Waals surface area (Å²) in [7, 11) is 1.61. The summed E-state index contributed by atoms with van der Waals surface area (Å²) in [6.07, 6.45) is 6.48. The van der Waals surface area contributed by atoms with E-state index >= 15 is 0 Å². The molecule has 3 nitrogen and oxygen atoms in total. The van der Waals surface area contributed by atoms with Crippen molar-refractivity contribution >= 4 is 11.8 Å². The van der Waals surface area contributed by atoms with Gasteiger partial charge in [0.2, 0.25) is 0 Å². The van der Waals surface area contributed by atoms with E-state index in [-0.39, 0.29) is 0 Å². The molecule has 2 rings (SSSR count). The first kappa shape index (κ1) is 9.65. The van der Waals surface area contributed by atoms with Gasteiger partial charge in [-0.15, -0.1) is 11.8 Å². The van der Waals surface area contributed by atoms with E-state index in [2.05, 4.69) is 4.98 Å². The van der Waals surface area contributed by atoms with Crippen molar-refractivity contribution in [3.8, 4) is 11.6 Å². The minimum absolute atomic E-state index is 0.378. The number of methoxy groups -OCH3 is 1. The van der Waals surface area contributed by atoms with Crippen LogP contribution in [-0.2, 0) is 0 Å². The van der Waals surface area contributed by atoms with E-state index in [0.29, 0.717) is 12.0 Å². The average molecular weight is 211 g/mol. The van der Waals surface area contributed by atoms with Gasteiger partial charge in [0.1, 0.15) is 0 Å². The Labute approximate surface area is 87.8 Å². The van der Waals surface area contributed by atoms with Gasteiger partial charge in [0.15, 0.2) is 5.75 Å². The fourth-order valence-electron chi connectivity index (χ4n) is 1.13. The number of hydrogen-bond donors (Lipinski definition) is 0. The van der Waals surface area contributed by atoms with Crippen molar-refractivity contribution in [3.63, 3.8) is 0 Å². The molecule has 1 heterocycles. The van der Waals surface area contributed by atoms with Gasteiger partial charge in [-0.25, -0.2) is 4.98 Å². The highest BCUT2D eigenvalue weighted by molar-refractivity contribution is 7.98. The largest absolute Gasteiger partial charge is 0.485 e. The molecule has 76 valence electrons. The van der Waals surface area contributed by atoms with Crippen LogP contribution in [0.5, 0.6) is 11.6 Å². The molecule has 0 aromatic carbocycles. The zero-order chi connectivity index (χ0) is 9.97. The molecule has 0 radical (unpaired) electrons. The molecule has 1 saturated carbocycles. The second-order valence-corrected chi connectivity index (χ2v) is 4.08. The van der Waals surface area contributed by atoms with Crippen molar-refractivity contribution < 1.29 is 9.47 Å². The molecule has 1 fully saturated rings. The molecular formula is C10H13NO2S. The summed E-state index contributed by atoms with van der Waals surface area (Å²) >= 11 is 1.65. The van der Waals surface area contributed by atoms with Crippen LogP contribution in [0.2, 0.25) is 0 Å². The van der Waals surface area contributed by atoms with E-state index in [1.165, 1.54) is 0 Å². The maximum absolute atomic E-state index is 5.69. The first-order chi connectivity index (χ1) is 6.83. The van der Waals surface area contributed by atoms with E-state index in [1.54, 1.807) is 25.1 Å². The van der Waals surface area contributed by atoms with Crippen molar-refractivity contribution in [2.45, 2.75) is 23.8 Å². The molecule has 4 heteroatoms. The van der Waals surface area contributed by atoms with E-state index in [1.807, 2.05) is 12.3 Å². The summed E-state index contributed by atoms with van der Waals surface area (Å²) in [5.74, 6) is 1.34. The van der Waals surface area contributed by atoms with Gasteiger partial charge in [-0.05, 0) is 19.1 Å². The van der Waals surface area contributed by atoms with Gasteiger partial charge in [-0.3, -0.25) is 0 Å². The molecule has 0 bridgehead atoms. The fraction of sp³-hybridized carbons (Fsp3) is 0.500. The predicted molar refractivity (Wildman–Crippen MR) is 56.2 cm³/mol. The number of thioether (sulfide) groups is 1. The lowest BCUT2D eigenvalue weighted by atomic mass is 10.4.